The second kappa shape index (κ2) is 12.4. The first-order valence-corrected chi connectivity index (χ1v) is 11.3. The van der Waals surface area contributed by atoms with Gasteiger partial charge in [0.05, 0.1) is 6.26 Å². The van der Waals surface area contributed by atoms with Crippen molar-refractivity contribution in [3.05, 3.63) is 17.9 Å². The molecule has 0 amide bonds. The summed E-state index contributed by atoms with van der Waals surface area (Å²) >= 11 is 0. The number of aryl methyl sites for hydroxylation is 1. The van der Waals surface area contributed by atoms with E-state index >= 15 is 0 Å². The van der Waals surface area contributed by atoms with Gasteiger partial charge in [0.25, 0.3) is 0 Å². The Hall–Kier alpha value is -0.970. The van der Waals surface area contributed by atoms with Gasteiger partial charge in [-0.2, -0.15) is 8.42 Å². The Morgan fingerprint density at radius 2 is 1.33 bits per heavy atom. The molecule has 24 heavy (non-hydrogen) atoms. The van der Waals surface area contributed by atoms with Crippen LogP contribution in [0.3, 0.4) is 0 Å². The summed E-state index contributed by atoms with van der Waals surface area (Å²) in [5, 5.41) is 0. The second-order valence-corrected chi connectivity index (χ2v) is 8.22. The second-order valence-electron chi connectivity index (χ2n) is 6.65. The summed E-state index contributed by atoms with van der Waals surface area (Å²) in [5.74, 6) is 0.854. The third-order valence-electron chi connectivity index (χ3n) is 4.15. The molecule has 0 saturated heterocycles. The Morgan fingerprint density at radius 1 is 0.833 bits per heavy atom. The van der Waals surface area contributed by atoms with Crippen molar-refractivity contribution in [3.8, 4) is 5.95 Å². The molecule has 4 nitrogen and oxygen atoms in total. The number of rotatable bonds is 15. The highest BCUT2D eigenvalue weighted by molar-refractivity contribution is 7.86. The van der Waals surface area contributed by atoms with Crippen LogP contribution >= 0.6 is 0 Å². The summed E-state index contributed by atoms with van der Waals surface area (Å²) in [7, 11) is -3.50. The third-order valence-corrected chi connectivity index (χ3v) is 4.61. The van der Waals surface area contributed by atoms with E-state index in [-0.39, 0.29) is 5.95 Å². The Kier molecular flexibility index (Phi) is 10.9. The van der Waals surface area contributed by atoms with Gasteiger partial charge in [0.1, 0.15) is 5.76 Å². The first-order valence-electron chi connectivity index (χ1n) is 9.49. The average Bonchev–Trinajstić information content (AvgIpc) is 2.93. The van der Waals surface area contributed by atoms with E-state index in [4.69, 9.17) is 8.60 Å². The van der Waals surface area contributed by atoms with Gasteiger partial charge in [-0.05, 0) is 12.5 Å². The van der Waals surface area contributed by atoms with E-state index < -0.39 is 10.1 Å². The van der Waals surface area contributed by atoms with Crippen molar-refractivity contribution in [1.82, 2.24) is 0 Å². The third kappa shape index (κ3) is 11.5. The monoisotopic (exact) mass is 358 g/mol. The van der Waals surface area contributed by atoms with Gasteiger partial charge in [0.15, 0.2) is 0 Å². The lowest BCUT2D eigenvalue weighted by molar-refractivity contribution is 0.366. The van der Waals surface area contributed by atoms with Crippen LogP contribution in [0.4, 0.5) is 0 Å². The summed E-state index contributed by atoms with van der Waals surface area (Å²) in [6, 6.07) is 3.36. The highest BCUT2D eigenvalue weighted by atomic mass is 32.2. The molecule has 140 valence electrons. The molecule has 0 bridgehead atoms. The van der Waals surface area contributed by atoms with Crippen LogP contribution in [0.1, 0.15) is 89.7 Å². The molecule has 0 aliphatic carbocycles. The largest absolute Gasteiger partial charge is 0.430 e. The van der Waals surface area contributed by atoms with Gasteiger partial charge in [0.2, 0.25) is 0 Å². The zero-order valence-electron chi connectivity index (χ0n) is 15.4. The van der Waals surface area contributed by atoms with E-state index in [9.17, 15) is 8.42 Å². The molecule has 1 rings (SSSR count). The predicted octanol–water partition coefficient (Wildman–Crippen LogP) is 5.86. The topological polar surface area (TPSA) is 56.5 Å². The van der Waals surface area contributed by atoms with Crippen molar-refractivity contribution in [2.24, 2.45) is 0 Å². The van der Waals surface area contributed by atoms with E-state index in [0.29, 0.717) is 0 Å². The van der Waals surface area contributed by atoms with Gasteiger partial charge in [0, 0.05) is 12.5 Å². The standard InChI is InChI=1S/C19H34O4S/c1-3-4-5-6-7-8-9-10-11-12-13-14-15-18-16-17-19(22-18)23-24(2,20)21/h16-17H,3-15H2,1-2H3. The van der Waals surface area contributed by atoms with Crippen LogP contribution in [0.5, 0.6) is 5.95 Å². The van der Waals surface area contributed by atoms with Crippen molar-refractivity contribution in [3.63, 3.8) is 0 Å². The number of hydrogen-bond donors (Lipinski definition) is 0. The molecule has 1 aromatic heterocycles. The fourth-order valence-electron chi connectivity index (χ4n) is 2.83. The fraction of sp³-hybridized carbons (Fsp3) is 0.789. The quantitative estimate of drug-likeness (QED) is 0.291. The first-order chi connectivity index (χ1) is 11.5. The van der Waals surface area contributed by atoms with Crippen LogP contribution in [-0.2, 0) is 16.5 Å². The molecule has 0 atom stereocenters. The first kappa shape index (κ1) is 21.1. The van der Waals surface area contributed by atoms with Gasteiger partial charge in [-0.15, -0.1) is 0 Å². The molecule has 5 heteroatoms. The Bertz CT molecular complexity index is 519. The summed E-state index contributed by atoms with van der Waals surface area (Å²) in [6.45, 7) is 2.26. The van der Waals surface area contributed by atoms with E-state index in [2.05, 4.69) is 6.92 Å². The van der Waals surface area contributed by atoms with Gasteiger partial charge in [-0.25, -0.2) is 0 Å². The fourth-order valence-corrected chi connectivity index (χ4v) is 3.21. The molecule has 0 saturated carbocycles. The van der Waals surface area contributed by atoms with E-state index in [0.717, 1.165) is 24.9 Å². The van der Waals surface area contributed by atoms with Gasteiger partial charge < -0.3 is 8.60 Å². The maximum Gasteiger partial charge on any atom is 0.308 e. The molecule has 0 aromatic carbocycles. The lowest BCUT2D eigenvalue weighted by Gasteiger charge is -2.02. The van der Waals surface area contributed by atoms with Crippen molar-refractivity contribution in [2.75, 3.05) is 6.26 Å². The summed E-state index contributed by atoms with van der Waals surface area (Å²) in [5.41, 5.74) is 0. The highest BCUT2D eigenvalue weighted by Gasteiger charge is 2.08. The minimum atomic E-state index is -3.50. The van der Waals surface area contributed by atoms with E-state index in [1.54, 1.807) is 12.1 Å². The molecular formula is C19H34O4S. The lowest BCUT2D eigenvalue weighted by atomic mass is 10.0. The maximum atomic E-state index is 11.0. The molecule has 0 aliphatic heterocycles. The number of hydrogen-bond acceptors (Lipinski definition) is 4. The zero-order valence-corrected chi connectivity index (χ0v) is 16.2. The Morgan fingerprint density at radius 3 is 1.83 bits per heavy atom. The molecule has 0 spiro atoms. The minimum Gasteiger partial charge on any atom is -0.430 e. The van der Waals surface area contributed by atoms with Crippen LogP contribution in [0.2, 0.25) is 0 Å². The van der Waals surface area contributed by atoms with Gasteiger partial charge >= 0.3 is 16.1 Å². The predicted molar refractivity (Wildman–Crippen MR) is 99.0 cm³/mol. The van der Waals surface area contributed by atoms with Crippen molar-refractivity contribution in [2.45, 2.75) is 90.4 Å². The average molecular weight is 359 g/mol. The molecule has 0 fully saturated rings. The summed E-state index contributed by atoms with van der Waals surface area (Å²) in [6.07, 6.45) is 17.7. The summed E-state index contributed by atoms with van der Waals surface area (Å²) < 4.78 is 32.1. The molecular weight excluding hydrogens is 324 g/mol. The van der Waals surface area contributed by atoms with Crippen LogP contribution in [0.25, 0.3) is 0 Å². The normalized spacial score (nSPS) is 11.8. The minimum absolute atomic E-state index is 0.0615. The SMILES string of the molecule is CCCCCCCCCCCCCCc1ccc(OS(C)(=O)=O)o1. The maximum absolute atomic E-state index is 11.0. The highest BCUT2D eigenvalue weighted by Crippen LogP contribution is 2.20. The Balaban J connectivity index is 1.93. The number of unbranched alkanes of at least 4 members (excludes halogenated alkanes) is 11. The van der Waals surface area contributed by atoms with Crippen molar-refractivity contribution < 1.29 is 17.0 Å². The Labute approximate surface area is 148 Å². The van der Waals surface area contributed by atoms with Crippen molar-refractivity contribution >= 4 is 10.1 Å². The lowest BCUT2D eigenvalue weighted by Crippen LogP contribution is -2.04. The van der Waals surface area contributed by atoms with Gasteiger partial charge in [-0.1, -0.05) is 77.6 Å². The van der Waals surface area contributed by atoms with Crippen molar-refractivity contribution in [1.29, 1.82) is 0 Å². The van der Waals surface area contributed by atoms with Gasteiger partial charge in [-0.3, -0.25) is 0 Å². The molecule has 0 N–H and O–H groups in total. The molecule has 1 heterocycles. The molecule has 0 radical (unpaired) electrons. The smallest absolute Gasteiger partial charge is 0.308 e. The van der Waals surface area contributed by atoms with Crippen LogP contribution < -0.4 is 4.18 Å². The molecule has 0 aliphatic rings. The van der Waals surface area contributed by atoms with E-state index in [1.165, 1.54) is 70.6 Å². The zero-order chi connectivity index (χ0) is 17.7. The molecule has 1 aromatic rings. The van der Waals surface area contributed by atoms with Crippen LogP contribution in [0, 0.1) is 0 Å². The summed E-state index contributed by atoms with van der Waals surface area (Å²) in [4.78, 5) is 0. The molecule has 0 unspecified atom stereocenters. The van der Waals surface area contributed by atoms with Crippen LogP contribution in [-0.4, -0.2) is 14.7 Å². The number of furan rings is 1. The van der Waals surface area contributed by atoms with E-state index in [1.807, 2.05) is 0 Å². The van der Waals surface area contributed by atoms with Crippen LogP contribution in [0.15, 0.2) is 16.5 Å².